The molecule has 0 fully saturated rings. The molecule has 0 aliphatic carbocycles. The van der Waals surface area contributed by atoms with Crippen LogP contribution in [0.3, 0.4) is 0 Å². The van der Waals surface area contributed by atoms with Gasteiger partial charge in [0.1, 0.15) is 0 Å². The maximum atomic E-state index is 6.15. The summed E-state index contributed by atoms with van der Waals surface area (Å²) in [6.45, 7) is 3.71. The molecule has 0 amide bonds. The highest BCUT2D eigenvalue weighted by atomic mass is 127. The molecule has 3 heteroatoms. The maximum absolute atomic E-state index is 6.15. The molecule has 0 radical (unpaired) electrons. The fourth-order valence-electron chi connectivity index (χ4n) is 1.44. The van der Waals surface area contributed by atoms with E-state index in [9.17, 15) is 0 Å². The van der Waals surface area contributed by atoms with Crippen LogP contribution in [-0.4, -0.2) is 0 Å². The first-order chi connectivity index (χ1) is 7.15. The summed E-state index contributed by atoms with van der Waals surface area (Å²) in [5.41, 5.74) is 7.38. The number of allylic oxidation sites excluding steroid dienone is 1. The van der Waals surface area contributed by atoms with Crippen molar-refractivity contribution in [2.24, 2.45) is 5.73 Å². The zero-order valence-electron chi connectivity index (χ0n) is 8.55. The minimum Gasteiger partial charge on any atom is -0.324 e. The predicted octanol–water partition coefficient (Wildman–Crippen LogP) is 4.41. The van der Waals surface area contributed by atoms with Crippen LogP contribution in [0.4, 0.5) is 0 Å². The molecular weight excluding hydrogens is 365 g/mol. The molecular formula is C12H15BrIN. The molecule has 1 atom stereocenters. The standard InChI is InChI=1S/C12H15BrIN/c1-2-3-4-5-12(15)10-8-9(13)6-7-11(10)14/h2,6-8,12H,1,3-5,15H2. The molecule has 82 valence electrons. The van der Waals surface area contributed by atoms with Gasteiger partial charge in [0.25, 0.3) is 0 Å². The maximum Gasteiger partial charge on any atom is 0.0305 e. The second-order valence-electron chi connectivity index (χ2n) is 3.49. The third-order valence-electron chi connectivity index (χ3n) is 2.28. The average Bonchev–Trinajstić information content (AvgIpc) is 2.22. The summed E-state index contributed by atoms with van der Waals surface area (Å²) in [5.74, 6) is 0. The smallest absolute Gasteiger partial charge is 0.0305 e. The number of nitrogens with two attached hydrogens (primary N) is 1. The largest absolute Gasteiger partial charge is 0.324 e. The molecule has 1 nitrogen and oxygen atoms in total. The van der Waals surface area contributed by atoms with Gasteiger partial charge in [-0.1, -0.05) is 22.0 Å². The molecule has 1 aromatic rings. The Balaban J connectivity index is 2.67. The van der Waals surface area contributed by atoms with Gasteiger partial charge in [-0.3, -0.25) is 0 Å². The van der Waals surface area contributed by atoms with E-state index in [0.717, 1.165) is 23.7 Å². The number of benzene rings is 1. The fraction of sp³-hybridized carbons (Fsp3) is 0.333. The molecule has 1 aromatic carbocycles. The van der Waals surface area contributed by atoms with Gasteiger partial charge in [0, 0.05) is 14.1 Å². The van der Waals surface area contributed by atoms with Crippen molar-refractivity contribution >= 4 is 38.5 Å². The molecule has 0 aliphatic heterocycles. The number of hydrogen-bond donors (Lipinski definition) is 1. The number of unbranched alkanes of at least 4 members (excludes halogenated alkanes) is 1. The van der Waals surface area contributed by atoms with Crippen molar-refractivity contribution in [3.8, 4) is 0 Å². The van der Waals surface area contributed by atoms with Crippen molar-refractivity contribution in [1.29, 1.82) is 0 Å². The Morgan fingerprint density at radius 3 is 2.93 bits per heavy atom. The Bertz CT molecular complexity index is 338. The molecule has 0 aromatic heterocycles. The molecule has 0 saturated heterocycles. The van der Waals surface area contributed by atoms with Gasteiger partial charge in [-0.2, -0.15) is 0 Å². The first-order valence-electron chi connectivity index (χ1n) is 4.96. The molecule has 1 rings (SSSR count). The van der Waals surface area contributed by atoms with E-state index < -0.39 is 0 Å². The summed E-state index contributed by atoms with van der Waals surface area (Å²) in [6, 6.07) is 6.38. The van der Waals surface area contributed by atoms with Crippen molar-refractivity contribution in [2.75, 3.05) is 0 Å². The number of halogens is 2. The van der Waals surface area contributed by atoms with Crippen LogP contribution in [0, 0.1) is 3.57 Å². The van der Waals surface area contributed by atoms with Gasteiger partial charge in [0.15, 0.2) is 0 Å². The quantitative estimate of drug-likeness (QED) is 0.457. The van der Waals surface area contributed by atoms with Crippen molar-refractivity contribution in [1.82, 2.24) is 0 Å². The zero-order valence-corrected chi connectivity index (χ0v) is 12.3. The van der Waals surface area contributed by atoms with Crippen LogP contribution in [0.15, 0.2) is 35.3 Å². The second-order valence-corrected chi connectivity index (χ2v) is 5.57. The van der Waals surface area contributed by atoms with Crippen LogP contribution >= 0.6 is 38.5 Å². The molecule has 2 N–H and O–H groups in total. The van der Waals surface area contributed by atoms with Crippen LogP contribution in [0.2, 0.25) is 0 Å². The summed E-state index contributed by atoms with van der Waals surface area (Å²) in [7, 11) is 0. The highest BCUT2D eigenvalue weighted by Crippen LogP contribution is 2.25. The van der Waals surface area contributed by atoms with Gasteiger partial charge >= 0.3 is 0 Å². The topological polar surface area (TPSA) is 26.0 Å². The van der Waals surface area contributed by atoms with Crippen LogP contribution in [0.1, 0.15) is 30.9 Å². The Kier molecular flexibility index (Phi) is 5.86. The summed E-state index contributed by atoms with van der Waals surface area (Å²) in [6.07, 6.45) is 5.10. The summed E-state index contributed by atoms with van der Waals surface area (Å²) >= 11 is 5.80. The minimum absolute atomic E-state index is 0.134. The van der Waals surface area contributed by atoms with E-state index in [1.807, 2.05) is 12.1 Å². The van der Waals surface area contributed by atoms with Gasteiger partial charge in [0.2, 0.25) is 0 Å². The van der Waals surface area contributed by atoms with Gasteiger partial charge in [-0.15, -0.1) is 6.58 Å². The van der Waals surface area contributed by atoms with Gasteiger partial charge in [-0.25, -0.2) is 0 Å². The van der Waals surface area contributed by atoms with Crippen molar-refractivity contribution < 1.29 is 0 Å². The van der Waals surface area contributed by atoms with E-state index in [1.54, 1.807) is 0 Å². The third kappa shape index (κ3) is 4.25. The Hall–Kier alpha value is 0.130. The second kappa shape index (κ2) is 6.66. The predicted molar refractivity (Wildman–Crippen MR) is 77.8 cm³/mol. The summed E-state index contributed by atoms with van der Waals surface area (Å²) < 4.78 is 2.33. The normalized spacial score (nSPS) is 12.5. The number of rotatable bonds is 5. The fourth-order valence-corrected chi connectivity index (χ4v) is 2.55. The lowest BCUT2D eigenvalue weighted by Crippen LogP contribution is -2.11. The number of hydrogen-bond acceptors (Lipinski definition) is 1. The Labute approximate surface area is 113 Å². The van der Waals surface area contributed by atoms with Crippen molar-refractivity contribution in [3.63, 3.8) is 0 Å². The molecule has 0 aliphatic rings. The molecule has 1 unspecified atom stereocenters. The summed E-state index contributed by atoms with van der Waals surface area (Å²) in [5, 5.41) is 0. The van der Waals surface area contributed by atoms with Crippen LogP contribution in [0.5, 0.6) is 0 Å². The minimum atomic E-state index is 0.134. The average molecular weight is 380 g/mol. The first-order valence-corrected chi connectivity index (χ1v) is 6.83. The Morgan fingerprint density at radius 2 is 2.27 bits per heavy atom. The van der Waals surface area contributed by atoms with E-state index in [1.165, 1.54) is 9.13 Å². The lowest BCUT2D eigenvalue weighted by molar-refractivity contribution is 0.615. The lowest BCUT2D eigenvalue weighted by atomic mass is 10.0. The van der Waals surface area contributed by atoms with Gasteiger partial charge < -0.3 is 5.73 Å². The SMILES string of the molecule is C=CCCCC(N)c1cc(Br)ccc1I. The molecule has 0 spiro atoms. The van der Waals surface area contributed by atoms with E-state index >= 15 is 0 Å². The van der Waals surface area contributed by atoms with E-state index in [-0.39, 0.29) is 6.04 Å². The van der Waals surface area contributed by atoms with Crippen molar-refractivity contribution in [3.05, 3.63) is 44.5 Å². The molecule has 0 bridgehead atoms. The van der Waals surface area contributed by atoms with Crippen molar-refractivity contribution in [2.45, 2.75) is 25.3 Å². The van der Waals surface area contributed by atoms with Gasteiger partial charge in [-0.05, 0) is 65.6 Å². The lowest BCUT2D eigenvalue weighted by Gasteiger charge is -2.13. The Morgan fingerprint density at radius 1 is 1.53 bits per heavy atom. The first kappa shape index (κ1) is 13.2. The third-order valence-corrected chi connectivity index (χ3v) is 3.76. The van der Waals surface area contributed by atoms with Crippen LogP contribution in [0.25, 0.3) is 0 Å². The molecule has 15 heavy (non-hydrogen) atoms. The van der Waals surface area contributed by atoms with Gasteiger partial charge in [0.05, 0.1) is 0 Å². The van der Waals surface area contributed by atoms with E-state index in [2.05, 4.69) is 57.2 Å². The highest BCUT2D eigenvalue weighted by Gasteiger charge is 2.09. The molecule has 0 saturated carbocycles. The summed E-state index contributed by atoms with van der Waals surface area (Å²) in [4.78, 5) is 0. The van der Waals surface area contributed by atoms with E-state index in [4.69, 9.17) is 5.73 Å². The monoisotopic (exact) mass is 379 g/mol. The molecule has 0 heterocycles. The van der Waals surface area contributed by atoms with Crippen LogP contribution < -0.4 is 5.73 Å². The van der Waals surface area contributed by atoms with E-state index in [0.29, 0.717) is 0 Å². The highest BCUT2D eigenvalue weighted by molar-refractivity contribution is 14.1. The van der Waals surface area contributed by atoms with Crippen LogP contribution in [-0.2, 0) is 0 Å². The zero-order chi connectivity index (χ0) is 11.3.